The number of aromatic nitrogens is 1. The smallest absolute Gasteiger partial charge is 0.212 e. The van der Waals surface area contributed by atoms with Gasteiger partial charge in [0.15, 0.2) is 23.0 Å². The number of methoxy groups -OCH3 is 3. The number of carbonyl (C=O) groups excluding carboxylic acids is 1. The Morgan fingerprint density at radius 2 is 1.56 bits per heavy atom. The molecule has 0 aliphatic heterocycles. The number of phenols is 1. The van der Waals surface area contributed by atoms with Crippen molar-refractivity contribution in [2.24, 2.45) is 0 Å². The van der Waals surface area contributed by atoms with E-state index in [0.29, 0.717) is 45.0 Å². The number of hydrogen-bond donors (Lipinski definition) is 1. The molecule has 0 radical (unpaired) electrons. The third-order valence-electron chi connectivity index (χ3n) is 4.46. The monoisotopic (exact) mass is 337 g/mol. The Labute approximate surface area is 143 Å². The summed E-state index contributed by atoms with van der Waals surface area (Å²) in [6, 6.07) is 6.77. The summed E-state index contributed by atoms with van der Waals surface area (Å²) < 4.78 is 15.9. The van der Waals surface area contributed by atoms with Gasteiger partial charge in [-0.3, -0.25) is 9.78 Å². The molecule has 0 fully saturated rings. The molecule has 0 saturated carbocycles. The Morgan fingerprint density at radius 3 is 2.20 bits per heavy atom. The maximum atomic E-state index is 13.0. The highest BCUT2D eigenvalue weighted by atomic mass is 16.5. The topological polar surface area (TPSA) is 77.9 Å². The summed E-state index contributed by atoms with van der Waals surface area (Å²) in [6.45, 7) is 0. The molecule has 6 nitrogen and oxygen atoms in total. The zero-order chi connectivity index (χ0) is 17.7. The maximum absolute atomic E-state index is 13.0. The molecule has 3 aromatic rings. The average molecular weight is 337 g/mol. The van der Waals surface area contributed by atoms with Gasteiger partial charge in [0.1, 0.15) is 5.69 Å². The summed E-state index contributed by atoms with van der Waals surface area (Å²) in [4.78, 5) is 17.2. The lowest BCUT2D eigenvalue weighted by molar-refractivity contribution is 0.103. The molecular weight excluding hydrogens is 322 g/mol. The second-order valence-corrected chi connectivity index (χ2v) is 5.64. The summed E-state index contributed by atoms with van der Waals surface area (Å²) in [5.74, 6) is 0.975. The largest absolute Gasteiger partial charge is 0.504 e. The molecule has 0 saturated heterocycles. The number of nitrogens with zero attached hydrogens (tertiary/aromatic N) is 1. The van der Waals surface area contributed by atoms with Crippen LogP contribution in [-0.2, 0) is 0 Å². The highest BCUT2D eigenvalue weighted by Gasteiger charge is 2.31. The lowest BCUT2D eigenvalue weighted by Crippen LogP contribution is -2.13. The van der Waals surface area contributed by atoms with E-state index in [1.807, 2.05) is 0 Å². The first-order valence-electron chi connectivity index (χ1n) is 7.60. The number of ether oxygens (including phenoxy) is 3. The third kappa shape index (κ3) is 1.97. The van der Waals surface area contributed by atoms with Crippen molar-refractivity contribution in [2.75, 3.05) is 21.3 Å². The minimum atomic E-state index is -0.224. The molecule has 0 amide bonds. The molecule has 25 heavy (non-hydrogen) atoms. The number of aromatic hydroxyl groups is 1. The van der Waals surface area contributed by atoms with E-state index in [4.69, 9.17) is 14.2 Å². The van der Waals surface area contributed by atoms with E-state index in [2.05, 4.69) is 4.98 Å². The van der Waals surface area contributed by atoms with Gasteiger partial charge < -0.3 is 19.3 Å². The van der Waals surface area contributed by atoms with Gasteiger partial charge in [-0.1, -0.05) is 0 Å². The van der Waals surface area contributed by atoms with Crippen LogP contribution in [0.5, 0.6) is 23.0 Å². The van der Waals surface area contributed by atoms with Gasteiger partial charge in [-0.15, -0.1) is 0 Å². The fourth-order valence-electron chi connectivity index (χ4n) is 3.30. The van der Waals surface area contributed by atoms with Gasteiger partial charge in [0.05, 0.1) is 21.3 Å². The number of benzene rings is 2. The molecule has 0 unspecified atom stereocenters. The number of rotatable bonds is 3. The maximum Gasteiger partial charge on any atom is 0.212 e. The van der Waals surface area contributed by atoms with Crippen molar-refractivity contribution in [2.45, 2.75) is 0 Å². The predicted molar refractivity (Wildman–Crippen MR) is 91.9 cm³/mol. The molecule has 1 heterocycles. The van der Waals surface area contributed by atoms with Gasteiger partial charge in [-0.05, 0) is 29.7 Å². The van der Waals surface area contributed by atoms with Crippen molar-refractivity contribution in [3.8, 4) is 34.1 Å². The standard InChI is InChI=1S/C19H15NO5/c1-23-12-7-10-11(8-13(12)24-2)18(21)17-15-9(4-5-20-17)6-14(25-3)19(22)16(10)15/h4-8,22H,1-3H3. The van der Waals surface area contributed by atoms with Crippen molar-refractivity contribution in [3.63, 3.8) is 0 Å². The molecule has 126 valence electrons. The van der Waals surface area contributed by atoms with Crippen LogP contribution in [0.4, 0.5) is 0 Å². The molecule has 1 N–H and O–H groups in total. The first-order chi connectivity index (χ1) is 12.1. The normalized spacial score (nSPS) is 12.0. The van der Waals surface area contributed by atoms with Crippen molar-refractivity contribution >= 4 is 16.6 Å². The molecule has 0 bridgehead atoms. The van der Waals surface area contributed by atoms with Gasteiger partial charge in [-0.2, -0.15) is 0 Å². The van der Waals surface area contributed by atoms with Crippen molar-refractivity contribution in [3.05, 3.63) is 41.7 Å². The number of phenolic OH excluding ortho intramolecular Hbond substituents is 1. The molecule has 0 atom stereocenters. The highest BCUT2D eigenvalue weighted by molar-refractivity contribution is 6.26. The lowest BCUT2D eigenvalue weighted by Gasteiger charge is -2.22. The van der Waals surface area contributed by atoms with Crippen LogP contribution in [0.25, 0.3) is 21.9 Å². The molecule has 4 rings (SSSR count). The van der Waals surface area contributed by atoms with Gasteiger partial charge in [0.25, 0.3) is 0 Å². The summed E-state index contributed by atoms with van der Waals surface area (Å²) in [6.07, 6.45) is 1.57. The van der Waals surface area contributed by atoms with Gasteiger partial charge in [0, 0.05) is 28.3 Å². The van der Waals surface area contributed by atoms with Crippen LogP contribution in [0.15, 0.2) is 30.5 Å². The number of fused-ring (bicyclic) bond motifs is 2. The molecule has 1 aliphatic rings. The van der Waals surface area contributed by atoms with Crippen LogP contribution in [0.2, 0.25) is 0 Å². The molecule has 1 aliphatic carbocycles. The van der Waals surface area contributed by atoms with E-state index in [0.717, 1.165) is 5.39 Å². The van der Waals surface area contributed by atoms with Crippen molar-refractivity contribution in [1.82, 2.24) is 4.98 Å². The lowest BCUT2D eigenvalue weighted by atomic mass is 9.84. The quantitative estimate of drug-likeness (QED) is 0.619. The van der Waals surface area contributed by atoms with E-state index < -0.39 is 0 Å². The highest BCUT2D eigenvalue weighted by Crippen LogP contribution is 2.50. The third-order valence-corrected chi connectivity index (χ3v) is 4.46. The van der Waals surface area contributed by atoms with Crippen molar-refractivity contribution in [1.29, 1.82) is 0 Å². The first-order valence-corrected chi connectivity index (χ1v) is 7.60. The van der Waals surface area contributed by atoms with E-state index in [1.165, 1.54) is 21.3 Å². The molecular formula is C19H15NO5. The first kappa shape index (κ1) is 15.3. The SMILES string of the molecule is COc1cc2c(cc1OC)-c1c(O)c(OC)cc3ccnc(c13)C2=O. The van der Waals surface area contributed by atoms with E-state index in [9.17, 15) is 9.90 Å². The van der Waals surface area contributed by atoms with Crippen LogP contribution in [0.3, 0.4) is 0 Å². The molecule has 6 heteroatoms. The van der Waals surface area contributed by atoms with E-state index >= 15 is 0 Å². The van der Waals surface area contributed by atoms with Gasteiger partial charge in [-0.25, -0.2) is 0 Å². The summed E-state index contributed by atoms with van der Waals surface area (Å²) in [7, 11) is 4.51. The van der Waals surface area contributed by atoms with Crippen LogP contribution < -0.4 is 14.2 Å². The summed E-state index contributed by atoms with van der Waals surface area (Å²) in [5, 5.41) is 12.1. The zero-order valence-electron chi connectivity index (χ0n) is 13.9. The van der Waals surface area contributed by atoms with E-state index in [1.54, 1.807) is 30.5 Å². The van der Waals surface area contributed by atoms with E-state index in [-0.39, 0.29) is 11.5 Å². The Morgan fingerprint density at radius 1 is 0.920 bits per heavy atom. The van der Waals surface area contributed by atoms with Gasteiger partial charge in [0.2, 0.25) is 5.78 Å². The zero-order valence-corrected chi connectivity index (χ0v) is 13.9. The second-order valence-electron chi connectivity index (χ2n) is 5.64. The Bertz CT molecular complexity index is 1040. The minimum absolute atomic E-state index is 0.0368. The minimum Gasteiger partial charge on any atom is -0.504 e. The predicted octanol–water partition coefficient (Wildman–Crippen LogP) is 3.18. The average Bonchev–Trinajstić information content (AvgIpc) is 2.65. The van der Waals surface area contributed by atoms with Crippen LogP contribution >= 0.6 is 0 Å². The molecule has 0 spiro atoms. The number of pyridine rings is 1. The Balaban J connectivity index is 2.20. The fourth-order valence-corrected chi connectivity index (χ4v) is 3.30. The number of hydrogen-bond acceptors (Lipinski definition) is 6. The fraction of sp³-hybridized carbons (Fsp3) is 0.158. The summed E-state index contributed by atoms with van der Waals surface area (Å²) >= 11 is 0. The number of carbonyl (C=O) groups is 1. The van der Waals surface area contributed by atoms with Crippen LogP contribution in [0, 0.1) is 0 Å². The van der Waals surface area contributed by atoms with Crippen molar-refractivity contribution < 1.29 is 24.1 Å². The number of ketones is 1. The Kier molecular flexibility index (Phi) is 3.28. The van der Waals surface area contributed by atoms with Crippen LogP contribution in [0.1, 0.15) is 16.1 Å². The van der Waals surface area contributed by atoms with Crippen LogP contribution in [-0.4, -0.2) is 37.2 Å². The second kappa shape index (κ2) is 5.37. The van der Waals surface area contributed by atoms with Gasteiger partial charge >= 0.3 is 0 Å². The molecule has 1 aromatic heterocycles. The Hall–Kier alpha value is -3.28. The summed E-state index contributed by atoms with van der Waals surface area (Å²) in [5.41, 5.74) is 1.76. The molecule has 2 aromatic carbocycles.